The summed E-state index contributed by atoms with van der Waals surface area (Å²) in [5.41, 5.74) is 0.666. The van der Waals surface area contributed by atoms with E-state index in [0.29, 0.717) is 11.1 Å². The predicted octanol–water partition coefficient (Wildman–Crippen LogP) is 3.08. The van der Waals surface area contributed by atoms with E-state index in [2.05, 4.69) is 53.4 Å². The quantitative estimate of drug-likeness (QED) is 0.667. The summed E-state index contributed by atoms with van der Waals surface area (Å²) in [4.78, 5) is 2.73. The van der Waals surface area contributed by atoms with Crippen LogP contribution in [0.5, 0.6) is 0 Å². The van der Waals surface area contributed by atoms with Gasteiger partial charge in [0.2, 0.25) is 0 Å². The summed E-state index contributed by atoms with van der Waals surface area (Å²) in [7, 11) is 0. The first-order chi connectivity index (χ1) is 7.23. The van der Waals surface area contributed by atoms with E-state index < -0.39 is 0 Å². The SMILES string of the molecule is CCC(C)(C)N1C[N+](CC)(CC)CC1(C)C. The average Bonchev–Trinajstić information content (AvgIpc) is 2.51. The van der Waals surface area contributed by atoms with Crippen molar-refractivity contribution in [2.75, 3.05) is 26.3 Å². The largest absolute Gasteiger partial charge is 0.310 e. The van der Waals surface area contributed by atoms with Gasteiger partial charge in [-0.3, -0.25) is 0 Å². The van der Waals surface area contributed by atoms with Crippen molar-refractivity contribution in [1.29, 1.82) is 0 Å². The zero-order chi connectivity index (χ0) is 12.6. The van der Waals surface area contributed by atoms with Gasteiger partial charge in [0.15, 0.2) is 0 Å². The molecule has 2 nitrogen and oxygen atoms in total. The van der Waals surface area contributed by atoms with Crippen molar-refractivity contribution in [3.05, 3.63) is 0 Å². The minimum atomic E-state index is 0.327. The number of nitrogens with zero attached hydrogens (tertiary/aromatic N) is 2. The van der Waals surface area contributed by atoms with Gasteiger partial charge in [0.1, 0.15) is 6.67 Å². The third kappa shape index (κ3) is 2.28. The Morgan fingerprint density at radius 1 is 1.12 bits per heavy atom. The summed E-state index contributed by atoms with van der Waals surface area (Å²) in [6.45, 7) is 21.6. The van der Waals surface area contributed by atoms with Gasteiger partial charge in [-0.15, -0.1) is 0 Å². The van der Waals surface area contributed by atoms with Crippen LogP contribution in [-0.4, -0.2) is 46.8 Å². The summed E-state index contributed by atoms with van der Waals surface area (Å²) in [5.74, 6) is 0. The van der Waals surface area contributed by atoms with E-state index in [1.54, 1.807) is 0 Å². The summed E-state index contributed by atoms with van der Waals surface area (Å²) in [6, 6.07) is 0. The smallest absolute Gasteiger partial charge is 0.136 e. The summed E-state index contributed by atoms with van der Waals surface area (Å²) < 4.78 is 1.26. The molecule has 1 aliphatic rings. The van der Waals surface area contributed by atoms with E-state index in [1.807, 2.05) is 0 Å². The van der Waals surface area contributed by atoms with E-state index in [-0.39, 0.29) is 0 Å². The lowest BCUT2D eigenvalue weighted by molar-refractivity contribution is -0.919. The Kier molecular flexibility index (Phi) is 3.76. The Labute approximate surface area is 102 Å². The number of hydrogen-bond acceptors (Lipinski definition) is 1. The molecule has 0 unspecified atom stereocenters. The highest BCUT2D eigenvalue weighted by Crippen LogP contribution is 2.37. The van der Waals surface area contributed by atoms with Crippen molar-refractivity contribution in [2.24, 2.45) is 0 Å². The maximum Gasteiger partial charge on any atom is 0.136 e. The maximum atomic E-state index is 2.73. The molecule has 2 heteroatoms. The van der Waals surface area contributed by atoms with Crippen molar-refractivity contribution in [3.63, 3.8) is 0 Å². The van der Waals surface area contributed by atoms with Crippen molar-refractivity contribution >= 4 is 0 Å². The molecule has 1 saturated heterocycles. The molecule has 0 radical (unpaired) electrons. The van der Waals surface area contributed by atoms with Crippen LogP contribution in [0.2, 0.25) is 0 Å². The Balaban J connectivity index is 2.97. The molecule has 0 aromatic carbocycles. The van der Waals surface area contributed by atoms with Crippen LogP contribution in [0.3, 0.4) is 0 Å². The summed E-state index contributed by atoms with van der Waals surface area (Å²) in [5, 5.41) is 0. The molecule has 16 heavy (non-hydrogen) atoms. The first kappa shape index (κ1) is 14.0. The fourth-order valence-corrected chi connectivity index (χ4v) is 3.30. The number of hydrogen-bond donors (Lipinski definition) is 0. The van der Waals surface area contributed by atoms with Crippen LogP contribution in [0.15, 0.2) is 0 Å². The predicted molar refractivity (Wildman–Crippen MR) is 71.4 cm³/mol. The second-order valence-corrected chi connectivity index (χ2v) is 6.68. The molecule has 0 aliphatic carbocycles. The molecule has 0 aromatic rings. The molecule has 0 N–H and O–H groups in total. The lowest BCUT2D eigenvalue weighted by Crippen LogP contribution is -2.52. The average molecular weight is 227 g/mol. The number of rotatable bonds is 4. The first-order valence-corrected chi connectivity index (χ1v) is 6.86. The molecule has 0 aromatic heterocycles. The van der Waals surface area contributed by atoms with Crippen molar-refractivity contribution in [1.82, 2.24) is 4.90 Å². The molecule has 1 heterocycles. The Bertz CT molecular complexity index is 239. The van der Waals surface area contributed by atoms with Gasteiger partial charge in [-0.1, -0.05) is 6.92 Å². The highest BCUT2D eigenvalue weighted by Gasteiger charge is 2.51. The van der Waals surface area contributed by atoms with Crippen LogP contribution >= 0.6 is 0 Å². The minimum Gasteiger partial charge on any atom is -0.310 e. The van der Waals surface area contributed by atoms with Crippen LogP contribution < -0.4 is 0 Å². The van der Waals surface area contributed by atoms with Gasteiger partial charge in [0.05, 0.1) is 25.2 Å². The van der Waals surface area contributed by atoms with Crippen molar-refractivity contribution in [2.45, 2.75) is 66.0 Å². The second kappa shape index (κ2) is 4.30. The van der Waals surface area contributed by atoms with E-state index >= 15 is 0 Å². The molecule has 0 saturated carbocycles. The van der Waals surface area contributed by atoms with Crippen LogP contribution in [0.1, 0.15) is 54.9 Å². The normalized spacial score (nSPS) is 24.9. The standard InChI is InChI=1S/C14H31N2/c1-8-13(4,5)15-12-16(9-2,10-3)11-14(15,6)7/h8-12H2,1-7H3/q+1. The van der Waals surface area contributed by atoms with Crippen molar-refractivity contribution < 1.29 is 4.48 Å². The van der Waals surface area contributed by atoms with Gasteiger partial charge in [-0.2, -0.15) is 0 Å². The highest BCUT2D eigenvalue weighted by molar-refractivity contribution is 4.94. The van der Waals surface area contributed by atoms with E-state index in [0.717, 1.165) is 0 Å². The first-order valence-electron chi connectivity index (χ1n) is 6.86. The molecule has 0 atom stereocenters. The molecular formula is C14H31N2+. The Hall–Kier alpha value is -0.0800. The van der Waals surface area contributed by atoms with Gasteiger partial charge in [0, 0.05) is 5.54 Å². The topological polar surface area (TPSA) is 3.24 Å². The zero-order valence-electron chi connectivity index (χ0n) is 12.4. The van der Waals surface area contributed by atoms with Gasteiger partial charge < -0.3 is 4.48 Å². The van der Waals surface area contributed by atoms with Crippen molar-refractivity contribution in [3.8, 4) is 0 Å². The van der Waals surface area contributed by atoms with Gasteiger partial charge in [-0.05, 0) is 48.0 Å². The fourth-order valence-electron chi connectivity index (χ4n) is 3.30. The number of quaternary nitrogens is 1. The maximum absolute atomic E-state index is 2.73. The molecule has 0 bridgehead atoms. The lowest BCUT2D eigenvalue weighted by atomic mass is 9.93. The second-order valence-electron chi connectivity index (χ2n) is 6.68. The van der Waals surface area contributed by atoms with Crippen LogP contribution in [0.25, 0.3) is 0 Å². The molecule has 1 fully saturated rings. The van der Waals surface area contributed by atoms with E-state index in [9.17, 15) is 0 Å². The Morgan fingerprint density at radius 2 is 1.62 bits per heavy atom. The van der Waals surface area contributed by atoms with Crippen LogP contribution in [0, 0.1) is 0 Å². The highest BCUT2D eigenvalue weighted by atomic mass is 15.5. The summed E-state index contributed by atoms with van der Waals surface area (Å²) >= 11 is 0. The monoisotopic (exact) mass is 227 g/mol. The third-order valence-corrected chi connectivity index (χ3v) is 4.83. The van der Waals surface area contributed by atoms with Gasteiger partial charge in [-0.25, -0.2) is 4.90 Å². The third-order valence-electron chi connectivity index (χ3n) is 4.83. The molecule has 96 valence electrons. The van der Waals surface area contributed by atoms with Crippen LogP contribution in [0.4, 0.5) is 0 Å². The number of likely N-dealkylation sites (N-methyl/N-ethyl adjacent to an activating group) is 1. The lowest BCUT2D eigenvalue weighted by Gasteiger charge is -2.41. The Morgan fingerprint density at radius 3 is 1.94 bits per heavy atom. The van der Waals surface area contributed by atoms with E-state index in [4.69, 9.17) is 0 Å². The van der Waals surface area contributed by atoms with Gasteiger partial charge >= 0.3 is 0 Å². The fraction of sp³-hybridized carbons (Fsp3) is 1.00. The van der Waals surface area contributed by atoms with E-state index in [1.165, 1.54) is 37.2 Å². The van der Waals surface area contributed by atoms with Gasteiger partial charge in [0.25, 0.3) is 0 Å². The molecule has 1 aliphatic heterocycles. The molecule has 0 spiro atoms. The van der Waals surface area contributed by atoms with Crippen LogP contribution in [-0.2, 0) is 0 Å². The summed E-state index contributed by atoms with van der Waals surface area (Å²) in [6.07, 6.45) is 1.23. The minimum absolute atomic E-state index is 0.327. The molecular weight excluding hydrogens is 196 g/mol. The molecule has 0 amide bonds. The molecule has 1 rings (SSSR count). The zero-order valence-corrected chi connectivity index (χ0v) is 12.4.